The van der Waals surface area contributed by atoms with Gasteiger partial charge in [-0.05, 0) is 57.3 Å². The summed E-state index contributed by atoms with van der Waals surface area (Å²) in [5.74, 6) is 1.78. The zero-order chi connectivity index (χ0) is 20.5. The van der Waals surface area contributed by atoms with Gasteiger partial charge >= 0.3 is 0 Å². The summed E-state index contributed by atoms with van der Waals surface area (Å²) in [5.41, 5.74) is 1.24. The van der Waals surface area contributed by atoms with Crippen LogP contribution in [-0.4, -0.2) is 69.8 Å². The minimum atomic E-state index is -0.202. The fraction of sp³-hybridized carbons (Fsp3) is 0.826. The number of ether oxygens (including phenoxy) is 2. The normalized spacial score (nSPS) is 35.1. The van der Waals surface area contributed by atoms with E-state index in [1.165, 1.54) is 31.2 Å². The SMILES string of the molecule is CC[C@H](O)C[C@H]1CCC2Sc3ncnc(O[C@H]4CC[C@H](N5CCOCC5)CC4)c3C21. The minimum absolute atomic E-state index is 0.202. The molecule has 2 saturated carbocycles. The van der Waals surface area contributed by atoms with E-state index in [1.807, 2.05) is 11.8 Å². The summed E-state index contributed by atoms with van der Waals surface area (Å²) in [6.07, 6.45) is 10.4. The molecule has 0 amide bonds. The molecule has 2 aliphatic carbocycles. The van der Waals surface area contributed by atoms with Crippen molar-refractivity contribution in [3.63, 3.8) is 0 Å². The summed E-state index contributed by atoms with van der Waals surface area (Å²) in [5, 5.41) is 12.0. The van der Waals surface area contributed by atoms with Gasteiger partial charge in [-0.2, -0.15) is 0 Å². The Morgan fingerprint density at radius 1 is 1.17 bits per heavy atom. The van der Waals surface area contributed by atoms with E-state index in [-0.39, 0.29) is 12.2 Å². The highest BCUT2D eigenvalue weighted by Crippen LogP contribution is 2.58. The molecule has 3 heterocycles. The monoisotopic (exact) mass is 433 g/mol. The van der Waals surface area contributed by atoms with E-state index in [1.54, 1.807) is 6.33 Å². The van der Waals surface area contributed by atoms with Gasteiger partial charge in [0.25, 0.3) is 0 Å². The summed E-state index contributed by atoms with van der Waals surface area (Å²) in [7, 11) is 0. The lowest BCUT2D eigenvalue weighted by Crippen LogP contribution is -2.46. The Balaban J connectivity index is 1.25. The van der Waals surface area contributed by atoms with Gasteiger partial charge in [-0.3, -0.25) is 4.90 Å². The number of aromatic nitrogens is 2. The lowest BCUT2D eigenvalue weighted by molar-refractivity contribution is -0.00156. The maximum absolute atomic E-state index is 10.3. The molecular weight excluding hydrogens is 398 g/mol. The lowest BCUT2D eigenvalue weighted by Gasteiger charge is -2.38. The van der Waals surface area contributed by atoms with Crippen LogP contribution in [0.15, 0.2) is 11.4 Å². The van der Waals surface area contributed by atoms with E-state index in [4.69, 9.17) is 9.47 Å². The molecule has 1 aromatic rings. The second-order valence-corrected chi connectivity index (χ2v) is 10.6. The van der Waals surface area contributed by atoms with Crippen molar-refractivity contribution in [2.45, 2.75) is 92.7 Å². The van der Waals surface area contributed by atoms with Crippen molar-refractivity contribution in [2.75, 3.05) is 26.3 Å². The average Bonchev–Trinajstić information content (AvgIpc) is 3.35. The number of hydrogen-bond acceptors (Lipinski definition) is 7. The highest BCUT2D eigenvalue weighted by atomic mass is 32.2. The van der Waals surface area contributed by atoms with Crippen LogP contribution in [0.5, 0.6) is 5.88 Å². The van der Waals surface area contributed by atoms with Crippen LogP contribution >= 0.6 is 11.8 Å². The first-order chi connectivity index (χ1) is 14.7. The summed E-state index contributed by atoms with van der Waals surface area (Å²) in [4.78, 5) is 11.8. The molecule has 0 spiro atoms. The first-order valence-electron chi connectivity index (χ1n) is 11.9. The van der Waals surface area contributed by atoms with Crippen LogP contribution in [0.2, 0.25) is 0 Å². The Morgan fingerprint density at radius 3 is 2.73 bits per heavy atom. The standard InChI is InChI=1S/C23H35N3O3S/c1-2-17(27)13-15-3-8-19-20(15)21-22(24-14-25-23(21)30-19)29-18-6-4-16(5-7-18)26-9-11-28-12-10-26/h14-20,27H,2-13H2,1H3/t15-,16-,17+,18-,19?,20?/m1/s1. The zero-order valence-corrected chi connectivity index (χ0v) is 18.9. The Morgan fingerprint density at radius 2 is 1.97 bits per heavy atom. The van der Waals surface area contributed by atoms with Crippen LogP contribution in [-0.2, 0) is 4.74 Å². The Labute approximate surface area is 184 Å². The highest BCUT2D eigenvalue weighted by Gasteiger charge is 2.47. The van der Waals surface area contributed by atoms with E-state index >= 15 is 0 Å². The molecule has 0 radical (unpaired) electrons. The van der Waals surface area contributed by atoms with Gasteiger partial charge in [-0.1, -0.05) is 6.92 Å². The largest absolute Gasteiger partial charge is 0.474 e. The first kappa shape index (κ1) is 21.0. The fourth-order valence-electron chi connectivity index (χ4n) is 5.98. The van der Waals surface area contributed by atoms with Crippen molar-refractivity contribution in [2.24, 2.45) is 5.92 Å². The first-order valence-corrected chi connectivity index (χ1v) is 12.8. The van der Waals surface area contributed by atoms with E-state index in [2.05, 4.69) is 21.8 Å². The molecule has 2 unspecified atom stereocenters. The predicted molar refractivity (Wildman–Crippen MR) is 117 cm³/mol. The third-order valence-corrected chi connectivity index (χ3v) is 9.05. The zero-order valence-electron chi connectivity index (χ0n) is 18.0. The van der Waals surface area contributed by atoms with E-state index < -0.39 is 0 Å². The fourth-order valence-corrected chi connectivity index (χ4v) is 7.49. The van der Waals surface area contributed by atoms with Crippen LogP contribution in [0.1, 0.15) is 69.8 Å². The lowest BCUT2D eigenvalue weighted by atomic mass is 9.85. The van der Waals surface area contributed by atoms with Gasteiger partial charge in [0.15, 0.2) is 0 Å². The molecule has 0 aromatic carbocycles. The van der Waals surface area contributed by atoms with Gasteiger partial charge in [-0.25, -0.2) is 9.97 Å². The number of thioether (sulfide) groups is 1. The van der Waals surface area contributed by atoms with Gasteiger partial charge in [0.1, 0.15) is 17.5 Å². The molecule has 4 aliphatic rings. The molecular formula is C23H35N3O3S. The second kappa shape index (κ2) is 9.31. The number of rotatable bonds is 6. The number of hydrogen-bond donors (Lipinski definition) is 1. The van der Waals surface area contributed by atoms with E-state index in [0.717, 1.165) is 62.9 Å². The molecule has 30 heavy (non-hydrogen) atoms. The molecule has 5 rings (SSSR count). The minimum Gasteiger partial charge on any atom is -0.474 e. The van der Waals surface area contributed by atoms with Gasteiger partial charge in [0.2, 0.25) is 5.88 Å². The molecule has 2 aliphatic heterocycles. The molecule has 0 bridgehead atoms. The van der Waals surface area contributed by atoms with Gasteiger partial charge in [-0.15, -0.1) is 11.8 Å². The predicted octanol–water partition coefficient (Wildman–Crippen LogP) is 3.63. The van der Waals surface area contributed by atoms with Crippen LogP contribution < -0.4 is 4.74 Å². The Kier molecular flexibility index (Phi) is 6.51. The van der Waals surface area contributed by atoms with Crippen LogP contribution in [0.25, 0.3) is 0 Å². The second-order valence-electron chi connectivity index (χ2n) is 9.41. The van der Waals surface area contributed by atoms with Crippen LogP contribution in [0.3, 0.4) is 0 Å². The highest BCUT2D eigenvalue weighted by molar-refractivity contribution is 8.00. The topological polar surface area (TPSA) is 67.7 Å². The number of aliphatic hydroxyl groups is 1. The van der Waals surface area contributed by atoms with Crippen molar-refractivity contribution in [1.82, 2.24) is 14.9 Å². The van der Waals surface area contributed by atoms with Crippen molar-refractivity contribution >= 4 is 11.8 Å². The van der Waals surface area contributed by atoms with E-state index in [0.29, 0.717) is 23.1 Å². The molecule has 1 saturated heterocycles. The van der Waals surface area contributed by atoms with Crippen molar-refractivity contribution < 1.29 is 14.6 Å². The van der Waals surface area contributed by atoms with Crippen molar-refractivity contribution in [3.8, 4) is 5.88 Å². The van der Waals surface area contributed by atoms with E-state index in [9.17, 15) is 5.11 Å². The number of morpholine rings is 1. The maximum Gasteiger partial charge on any atom is 0.221 e. The molecule has 7 heteroatoms. The van der Waals surface area contributed by atoms with Crippen molar-refractivity contribution in [3.05, 3.63) is 11.9 Å². The summed E-state index contributed by atoms with van der Waals surface area (Å²) in [6, 6.07) is 0.680. The maximum atomic E-state index is 10.3. The smallest absolute Gasteiger partial charge is 0.221 e. The molecule has 1 N–H and O–H groups in total. The quantitative estimate of drug-likeness (QED) is 0.687. The third kappa shape index (κ3) is 4.23. The number of aliphatic hydroxyl groups excluding tert-OH is 1. The van der Waals surface area contributed by atoms with Gasteiger partial charge in [0, 0.05) is 30.3 Å². The molecule has 3 fully saturated rings. The molecule has 1 aromatic heterocycles. The third-order valence-electron chi connectivity index (χ3n) is 7.67. The van der Waals surface area contributed by atoms with Crippen molar-refractivity contribution in [1.29, 1.82) is 0 Å². The van der Waals surface area contributed by atoms with Crippen LogP contribution in [0, 0.1) is 5.92 Å². The number of fused-ring (bicyclic) bond motifs is 3. The summed E-state index contributed by atoms with van der Waals surface area (Å²) in [6.45, 7) is 5.95. The molecule has 4 atom stereocenters. The van der Waals surface area contributed by atoms with Gasteiger partial charge < -0.3 is 14.6 Å². The van der Waals surface area contributed by atoms with Crippen LogP contribution in [0.4, 0.5) is 0 Å². The number of nitrogens with zero attached hydrogens (tertiary/aromatic N) is 3. The summed E-state index contributed by atoms with van der Waals surface area (Å²) < 4.78 is 12.1. The summed E-state index contributed by atoms with van der Waals surface area (Å²) >= 11 is 1.91. The Hall–Kier alpha value is -0.890. The average molecular weight is 434 g/mol. The molecule has 6 nitrogen and oxygen atoms in total. The molecule has 166 valence electrons. The van der Waals surface area contributed by atoms with Gasteiger partial charge in [0.05, 0.1) is 24.9 Å². The Bertz CT molecular complexity index is 722.